The second-order valence-electron chi connectivity index (χ2n) is 6.29. The highest BCUT2D eigenvalue weighted by molar-refractivity contribution is 6.00. The fourth-order valence-corrected chi connectivity index (χ4v) is 2.22. The number of nitrogens with one attached hydrogen (secondary N) is 1. The van der Waals surface area contributed by atoms with E-state index in [4.69, 9.17) is 10.3 Å². The molecule has 10 heteroatoms. The first-order valence-electron chi connectivity index (χ1n) is 8.39. The standard InChI is InChI=1S/C16H21F2N4O4/c1-2-10(13(25)14-21-15(26-22-14)9-3-4-9)20-12(24)6-8-16(17,18)7-5-11(19)23/h6,9-10H,2-5,7-8H2,1H3,(H2,19,23)(H,20,24)/t10-/m0/s1. The maximum atomic E-state index is 13.6. The van der Waals surface area contributed by atoms with E-state index < -0.39 is 48.8 Å². The van der Waals surface area contributed by atoms with Crippen molar-refractivity contribution in [1.29, 1.82) is 0 Å². The van der Waals surface area contributed by atoms with Gasteiger partial charge in [-0.15, -0.1) is 0 Å². The van der Waals surface area contributed by atoms with E-state index in [1.165, 1.54) is 0 Å². The van der Waals surface area contributed by atoms with Gasteiger partial charge in [0.05, 0.1) is 12.5 Å². The van der Waals surface area contributed by atoms with Crippen molar-refractivity contribution in [1.82, 2.24) is 15.5 Å². The van der Waals surface area contributed by atoms with Crippen LogP contribution in [0.1, 0.15) is 67.9 Å². The highest BCUT2D eigenvalue weighted by atomic mass is 19.3. The number of alkyl halides is 2. The molecule has 143 valence electrons. The van der Waals surface area contributed by atoms with E-state index in [1.54, 1.807) is 6.92 Å². The van der Waals surface area contributed by atoms with Crippen LogP contribution in [0.3, 0.4) is 0 Å². The average Bonchev–Trinajstić information content (AvgIpc) is 3.33. The van der Waals surface area contributed by atoms with E-state index in [2.05, 4.69) is 15.5 Å². The van der Waals surface area contributed by atoms with Crippen molar-refractivity contribution < 1.29 is 27.7 Å². The van der Waals surface area contributed by atoms with Gasteiger partial charge in [-0.25, -0.2) is 8.78 Å². The van der Waals surface area contributed by atoms with Crippen LogP contribution in [0.2, 0.25) is 0 Å². The van der Waals surface area contributed by atoms with Gasteiger partial charge in [-0.3, -0.25) is 14.4 Å². The molecule has 2 amide bonds. The summed E-state index contributed by atoms with van der Waals surface area (Å²) in [6.07, 6.45) is 0.789. The number of nitrogens with two attached hydrogens (primary N) is 1. The first kappa shape index (κ1) is 19.9. The Morgan fingerprint density at radius 2 is 2.12 bits per heavy atom. The molecule has 0 aromatic carbocycles. The van der Waals surface area contributed by atoms with Gasteiger partial charge in [-0.05, 0) is 19.3 Å². The number of Topliss-reactive ketones (excluding diaryl/α,β-unsaturated/α-hetero) is 1. The molecule has 1 heterocycles. The van der Waals surface area contributed by atoms with Crippen LogP contribution in [0.4, 0.5) is 8.78 Å². The third-order valence-corrected chi connectivity index (χ3v) is 3.95. The SMILES string of the molecule is CC[C@H](NC(=O)[CH]CC(F)(F)CCC(N)=O)C(=O)c1noc(C2CC2)n1. The zero-order valence-electron chi connectivity index (χ0n) is 14.3. The number of ketones is 1. The van der Waals surface area contributed by atoms with Gasteiger partial charge in [0.1, 0.15) is 0 Å². The summed E-state index contributed by atoms with van der Waals surface area (Å²) in [5, 5.41) is 5.98. The molecule has 0 bridgehead atoms. The Bertz CT molecular complexity index is 673. The molecule has 1 saturated carbocycles. The first-order chi connectivity index (χ1) is 12.2. The van der Waals surface area contributed by atoms with E-state index in [1.807, 2.05) is 0 Å². The van der Waals surface area contributed by atoms with Gasteiger partial charge in [0.25, 0.3) is 0 Å². The molecule has 0 aliphatic heterocycles. The van der Waals surface area contributed by atoms with Crippen molar-refractivity contribution in [3.8, 4) is 0 Å². The van der Waals surface area contributed by atoms with E-state index in [0.29, 0.717) is 5.89 Å². The van der Waals surface area contributed by atoms with Crippen LogP contribution in [0.5, 0.6) is 0 Å². The molecule has 0 unspecified atom stereocenters. The zero-order valence-corrected chi connectivity index (χ0v) is 14.3. The minimum absolute atomic E-state index is 0.133. The maximum absolute atomic E-state index is 13.6. The number of hydrogen-bond donors (Lipinski definition) is 2. The second kappa shape index (κ2) is 8.33. The van der Waals surface area contributed by atoms with Crippen molar-refractivity contribution in [2.24, 2.45) is 5.73 Å². The number of rotatable bonds is 11. The van der Waals surface area contributed by atoms with Crippen LogP contribution >= 0.6 is 0 Å². The summed E-state index contributed by atoms with van der Waals surface area (Å²) in [6, 6.07) is -0.942. The Morgan fingerprint density at radius 3 is 2.69 bits per heavy atom. The molecule has 1 atom stereocenters. The number of carbonyl (C=O) groups is 3. The lowest BCUT2D eigenvalue weighted by Crippen LogP contribution is -2.41. The van der Waals surface area contributed by atoms with Crippen molar-refractivity contribution in [3.63, 3.8) is 0 Å². The average molecular weight is 371 g/mol. The topological polar surface area (TPSA) is 128 Å². The monoisotopic (exact) mass is 371 g/mol. The molecule has 3 N–H and O–H groups in total. The number of nitrogens with zero attached hydrogens (tertiary/aromatic N) is 2. The third-order valence-electron chi connectivity index (χ3n) is 3.95. The lowest BCUT2D eigenvalue weighted by atomic mass is 10.1. The Kier molecular flexibility index (Phi) is 6.38. The molecule has 1 aromatic heterocycles. The molecule has 1 aliphatic carbocycles. The van der Waals surface area contributed by atoms with Crippen molar-refractivity contribution in [2.75, 3.05) is 0 Å². The summed E-state index contributed by atoms with van der Waals surface area (Å²) in [7, 11) is 0. The minimum Gasteiger partial charge on any atom is -0.370 e. The molecule has 0 saturated heterocycles. The molecule has 1 aromatic rings. The summed E-state index contributed by atoms with van der Waals surface area (Å²) in [4.78, 5) is 38.8. The van der Waals surface area contributed by atoms with Crippen LogP contribution in [-0.4, -0.2) is 39.7 Å². The molecule has 8 nitrogen and oxygen atoms in total. The third kappa shape index (κ3) is 5.85. The van der Waals surface area contributed by atoms with Crippen LogP contribution in [0, 0.1) is 6.42 Å². The highest BCUT2D eigenvalue weighted by Crippen LogP contribution is 2.38. The predicted octanol–water partition coefficient (Wildman–Crippen LogP) is 1.52. The van der Waals surface area contributed by atoms with Crippen LogP contribution in [0.15, 0.2) is 4.52 Å². The van der Waals surface area contributed by atoms with Gasteiger partial charge in [-0.1, -0.05) is 12.1 Å². The highest BCUT2D eigenvalue weighted by Gasteiger charge is 2.33. The molecule has 1 aliphatic rings. The summed E-state index contributed by atoms with van der Waals surface area (Å²) in [5.41, 5.74) is 4.83. The fraction of sp³-hybridized carbons (Fsp3) is 0.625. The fourth-order valence-electron chi connectivity index (χ4n) is 2.22. The number of aromatic nitrogens is 2. The van der Waals surface area contributed by atoms with Crippen LogP contribution < -0.4 is 11.1 Å². The number of carbonyl (C=O) groups excluding carboxylic acids is 3. The number of halogens is 2. The van der Waals surface area contributed by atoms with Gasteiger partial charge in [0, 0.05) is 25.2 Å². The molecule has 1 radical (unpaired) electrons. The Morgan fingerprint density at radius 1 is 1.42 bits per heavy atom. The van der Waals surface area contributed by atoms with Gasteiger partial charge in [-0.2, -0.15) is 4.98 Å². The molecule has 1 fully saturated rings. The molecular weight excluding hydrogens is 350 g/mol. The number of amides is 2. The van der Waals surface area contributed by atoms with E-state index >= 15 is 0 Å². The quantitative estimate of drug-likeness (QED) is 0.568. The maximum Gasteiger partial charge on any atom is 0.249 e. The minimum atomic E-state index is -3.23. The summed E-state index contributed by atoms with van der Waals surface area (Å²) in [6.45, 7) is 1.66. The van der Waals surface area contributed by atoms with Crippen LogP contribution in [0.25, 0.3) is 0 Å². The summed E-state index contributed by atoms with van der Waals surface area (Å²) >= 11 is 0. The second-order valence-corrected chi connectivity index (χ2v) is 6.29. The Labute approximate surface area is 148 Å². The molecule has 2 rings (SSSR count). The van der Waals surface area contributed by atoms with Gasteiger partial charge in [0.15, 0.2) is 0 Å². The largest absolute Gasteiger partial charge is 0.370 e. The van der Waals surface area contributed by atoms with Gasteiger partial charge in [0.2, 0.25) is 35.2 Å². The van der Waals surface area contributed by atoms with E-state index in [-0.39, 0.29) is 18.2 Å². The molecule has 0 spiro atoms. The van der Waals surface area contributed by atoms with E-state index in [0.717, 1.165) is 19.3 Å². The normalized spacial score (nSPS) is 15.5. The number of primary amides is 1. The first-order valence-corrected chi connectivity index (χ1v) is 8.39. The molecular formula is C16H21F2N4O4. The molecule has 26 heavy (non-hydrogen) atoms. The Balaban J connectivity index is 1.84. The van der Waals surface area contributed by atoms with Gasteiger partial charge < -0.3 is 15.6 Å². The van der Waals surface area contributed by atoms with E-state index in [9.17, 15) is 23.2 Å². The lowest BCUT2D eigenvalue weighted by molar-refractivity contribution is -0.120. The summed E-state index contributed by atoms with van der Waals surface area (Å²) < 4.78 is 32.1. The van der Waals surface area contributed by atoms with Crippen molar-refractivity contribution in [3.05, 3.63) is 18.1 Å². The predicted molar refractivity (Wildman–Crippen MR) is 85.1 cm³/mol. The Hall–Kier alpha value is -2.39. The smallest absolute Gasteiger partial charge is 0.249 e. The summed E-state index contributed by atoms with van der Waals surface area (Å²) in [5.74, 6) is -4.96. The number of hydrogen-bond acceptors (Lipinski definition) is 6. The zero-order chi connectivity index (χ0) is 19.3. The van der Waals surface area contributed by atoms with Crippen molar-refractivity contribution >= 4 is 17.6 Å². The van der Waals surface area contributed by atoms with Gasteiger partial charge >= 0.3 is 0 Å². The lowest BCUT2D eigenvalue weighted by Gasteiger charge is -2.17. The van der Waals surface area contributed by atoms with Crippen molar-refractivity contribution in [2.45, 2.75) is 63.3 Å². The van der Waals surface area contributed by atoms with Crippen LogP contribution in [-0.2, 0) is 9.59 Å².